The van der Waals surface area contributed by atoms with Crippen molar-refractivity contribution in [2.75, 3.05) is 13.1 Å². The highest BCUT2D eigenvalue weighted by molar-refractivity contribution is 7.91. The minimum atomic E-state index is -3.39. The van der Waals surface area contributed by atoms with E-state index < -0.39 is 10.0 Å². The zero-order valence-electron chi connectivity index (χ0n) is 18.3. The van der Waals surface area contributed by atoms with Crippen molar-refractivity contribution in [1.82, 2.24) is 19.4 Å². The minimum absolute atomic E-state index is 0.0391. The first-order chi connectivity index (χ1) is 14.2. The van der Waals surface area contributed by atoms with Crippen molar-refractivity contribution in [2.24, 2.45) is 5.92 Å². The summed E-state index contributed by atoms with van der Waals surface area (Å²) in [6.07, 6.45) is 2.88. The molecule has 0 bridgehead atoms. The summed E-state index contributed by atoms with van der Waals surface area (Å²) in [5.41, 5.74) is 3.25. The predicted octanol–water partition coefficient (Wildman–Crippen LogP) is 3.25. The number of hydrogen-bond donors (Lipinski definition) is 1. The number of aromatic nitrogens is 2. The molecule has 0 aliphatic carbocycles. The quantitative estimate of drug-likeness (QED) is 0.633. The number of rotatable bonds is 9. The first-order valence-corrected chi connectivity index (χ1v) is 12.8. The van der Waals surface area contributed by atoms with Gasteiger partial charge in [0.25, 0.3) is 10.0 Å². The molecule has 2 aromatic heterocycles. The van der Waals surface area contributed by atoms with Crippen molar-refractivity contribution in [3.8, 4) is 0 Å². The zero-order valence-corrected chi connectivity index (χ0v) is 19.9. The smallest absolute Gasteiger partial charge is 0.252 e. The third-order valence-electron chi connectivity index (χ3n) is 5.43. The molecule has 1 amide bonds. The lowest BCUT2D eigenvalue weighted by Gasteiger charge is -2.13. The largest absolute Gasteiger partial charge is 0.351 e. The Labute approximate surface area is 183 Å². The second-order valence-corrected chi connectivity index (χ2v) is 11.7. The minimum Gasteiger partial charge on any atom is -0.351 e. The molecule has 7 nitrogen and oxygen atoms in total. The van der Waals surface area contributed by atoms with Crippen LogP contribution >= 0.6 is 11.3 Å². The molecular formula is C21H32N4O3S2. The summed E-state index contributed by atoms with van der Waals surface area (Å²) in [7, 11) is -3.39. The number of aryl methyl sites for hydroxylation is 1. The Morgan fingerprint density at radius 3 is 2.60 bits per heavy atom. The Kier molecular flexibility index (Phi) is 7.36. The van der Waals surface area contributed by atoms with Gasteiger partial charge in [-0.25, -0.2) is 8.42 Å². The van der Waals surface area contributed by atoms with Gasteiger partial charge in [0.15, 0.2) is 0 Å². The number of amides is 1. The van der Waals surface area contributed by atoms with E-state index in [1.807, 2.05) is 11.6 Å². The van der Waals surface area contributed by atoms with Crippen LogP contribution in [0, 0.1) is 19.8 Å². The van der Waals surface area contributed by atoms with Crippen LogP contribution in [0.5, 0.6) is 0 Å². The van der Waals surface area contributed by atoms with Gasteiger partial charge in [0, 0.05) is 36.6 Å². The normalized spacial score (nSPS) is 15.2. The first-order valence-electron chi connectivity index (χ1n) is 10.6. The molecule has 0 radical (unpaired) electrons. The fraction of sp³-hybridized carbons (Fsp3) is 0.619. The van der Waals surface area contributed by atoms with Gasteiger partial charge in [0.05, 0.1) is 12.2 Å². The van der Waals surface area contributed by atoms with E-state index in [1.54, 1.807) is 16.4 Å². The van der Waals surface area contributed by atoms with Gasteiger partial charge in [-0.05, 0) is 56.7 Å². The molecule has 30 heavy (non-hydrogen) atoms. The van der Waals surface area contributed by atoms with Crippen LogP contribution in [0.4, 0.5) is 0 Å². The highest BCUT2D eigenvalue weighted by Gasteiger charge is 2.28. The Balaban J connectivity index is 1.52. The van der Waals surface area contributed by atoms with Crippen LogP contribution in [0.25, 0.3) is 0 Å². The average molecular weight is 453 g/mol. The summed E-state index contributed by atoms with van der Waals surface area (Å²) in [4.78, 5) is 13.2. The van der Waals surface area contributed by atoms with E-state index in [4.69, 9.17) is 0 Å². The van der Waals surface area contributed by atoms with Crippen molar-refractivity contribution in [3.05, 3.63) is 34.0 Å². The van der Waals surface area contributed by atoms with Gasteiger partial charge in [-0.3, -0.25) is 9.48 Å². The highest BCUT2D eigenvalue weighted by atomic mass is 32.2. The van der Waals surface area contributed by atoms with Crippen molar-refractivity contribution >= 4 is 27.3 Å². The van der Waals surface area contributed by atoms with E-state index in [1.165, 1.54) is 11.3 Å². The number of sulfonamides is 1. The van der Waals surface area contributed by atoms with Gasteiger partial charge >= 0.3 is 0 Å². The van der Waals surface area contributed by atoms with Gasteiger partial charge in [0.1, 0.15) is 4.21 Å². The summed E-state index contributed by atoms with van der Waals surface area (Å²) in [6, 6.07) is 3.44. The van der Waals surface area contributed by atoms with Crippen molar-refractivity contribution in [1.29, 1.82) is 0 Å². The molecule has 1 aliphatic heterocycles. The van der Waals surface area contributed by atoms with E-state index in [2.05, 4.69) is 31.2 Å². The van der Waals surface area contributed by atoms with Gasteiger partial charge in [-0.15, -0.1) is 11.3 Å². The molecule has 3 heterocycles. The molecule has 1 saturated heterocycles. The fourth-order valence-corrected chi connectivity index (χ4v) is 6.75. The lowest BCUT2D eigenvalue weighted by atomic mass is 10.1. The molecule has 2 aromatic rings. The van der Waals surface area contributed by atoms with Crippen LogP contribution in [-0.2, 0) is 34.3 Å². The lowest BCUT2D eigenvalue weighted by Crippen LogP contribution is -2.27. The van der Waals surface area contributed by atoms with Gasteiger partial charge in [-0.1, -0.05) is 13.8 Å². The van der Waals surface area contributed by atoms with Gasteiger partial charge < -0.3 is 5.32 Å². The summed E-state index contributed by atoms with van der Waals surface area (Å²) in [6.45, 7) is 10.8. The molecule has 0 saturated carbocycles. The molecule has 1 aliphatic rings. The standard InChI is InChI=1S/C21H32N4O3S2/c1-15(2)14-25-17(4)19(16(3)23-25)8-9-20(26)22-13-18-7-10-21(29-18)30(27,28)24-11-5-6-12-24/h7,10,15H,5-6,8-9,11-14H2,1-4H3,(H,22,26). The van der Waals surface area contributed by atoms with Crippen LogP contribution in [0.15, 0.2) is 16.3 Å². The van der Waals surface area contributed by atoms with E-state index in [0.717, 1.165) is 41.2 Å². The van der Waals surface area contributed by atoms with Crippen molar-refractivity contribution in [2.45, 2.75) is 70.7 Å². The van der Waals surface area contributed by atoms with E-state index in [0.29, 0.717) is 42.6 Å². The Morgan fingerprint density at radius 1 is 1.23 bits per heavy atom. The number of thiophene rings is 1. The molecule has 9 heteroatoms. The topological polar surface area (TPSA) is 84.3 Å². The van der Waals surface area contributed by atoms with Crippen LogP contribution in [0.3, 0.4) is 0 Å². The molecular weight excluding hydrogens is 420 g/mol. The van der Waals surface area contributed by atoms with E-state index in [9.17, 15) is 13.2 Å². The van der Waals surface area contributed by atoms with Gasteiger partial charge in [-0.2, -0.15) is 9.40 Å². The maximum absolute atomic E-state index is 12.6. The SMILES string of the molecule is Cc1nn(CC(C)C)c(C)c1CCC(=O)NCc1ccc(S(=O)(=O)N2CCCC2)s1. The van der Waals surface area contributed by atoms with E-state index >= 15 is 0 Å². The van der Waals surface area contributed by atoms with Crippen molar-refractivity contribution < 1.29 is 13.2 Å². The summed E-state index contributed by atoms with van der Waals surface area (Å²) in [5, 5.41) is 7.52. The van der Waals surface area contributed by atoms with Crippen molar-refractivity contribution in [3.63, 3.8) is 0 Å². The van der Waals surface area contributed by atoms with Gasteiger partial charge in [0.2, 0.25) is 5.91 Å². The first kappa shape index (κ1) is 23.0. The van der Waals surface area contributed by atoms with Crippen LogP contribution in [0.1, 0.15) is 54.9 Å². The van der Waals surface area contributed by atoms with Crippen LogP contribution < -0.4 is 5.32 Å². The summed E-state index contributed by atoms with van der Waals surface area (Å²) >= 11 is 1.24. The zero-order chi connectivity index (χ0) is 21.9. The number of carbonyl (C=O) groups excluding carboxylic acids is 1. The predicted molar refractivity (Wildman–Crippen MR) is 119 cm³/mol. The third kappa shape index (κ3) is 5.31. The number of carbonyl (C=O) groups is 1. The fourth-order valence-electron chi connectivity index (χ4n) is 3.78. The molecule has 0 unspecified atom stereocenters. The number of nitrogens with one attached hydrogen (secondary N) is 1. The Morgan fingerprint density at radius 2 is 1.93 bits per heavy atom. The molecule has 0 aromatic carbocycles. The van der Waals surface area contributed by atoms with Crippen LogP contribution in [0.2, 0.25) is 0 Å². The summed E-state index contributed by atoms with van der Waals surface area (Å²) < 4.78 is 29.2. The lowest BCUT2D eigenvalue weighted by molar-refractivity contribution is -0.121. The molecule has 3 rings (SSSR count). The molecule has 0 atom stereocenters. The third-order valence-corrected chi connectivity index (χ3v) is 8.88. The average Bonchev–Trinajstić information content (AvgIpc) is 3.41. The molecule has 1 N–H and O–H groups in total. The second kappa shape index (κ2) is 9.62. The second-order valence-electron chi connectivity index (χ2n) is 8.33. The summed E-state index contributed by atoms with van der Waals surface area (Å²) in [5.74, 6) is 0.479. The molecule has 1 fully saturated rings. The molecule has 0 spiro atoms. The Bertz CT molecular complexity index is 986. The maximum atomic E-state index is 12.6. The maximum Gasteiger partial charge on any atom is 0.252 e. The Hall–Kier alpha value is -1.71. The monoisotopic (exact) mass is 452 g/mol. The number of hydrogen-bond acceptors (Lipinski definition) is 5. The van der Waals surface area contributed by atoms with Crippen LogP contribution in [-0.4, -0.2) is 41.5 Å². The highest BCUT2D eigenvalue weighted by Crippen LogP contribution is 2.27. The number of nitrogens with zero attached hydrogens (tertiary/aromatic N) is 3. The van der Waals surface area contributed by atoms with E-state index in [-0.39, 0.29) is 5.91 Å². The molecule has 166 valence electrons.